The van der Waals surface area contributed by atoms with Gasteiger partial charge < -0.3 is 15.0 Å². The molecule has 2 atom stereocenters. The molecule has 1 saturated heterocycles. The highest BCUT2D eigenvalue weighted by Gasteiger charge is 2.44. The summed E-state index contributed by atoms with van der Waals surface area (Å²) >= 11 is 0. The summed E-state index contributed by atoms with van der Waals surface area (Å²) in [5, 5.41) is 8.26. The van der Waals surface area contributed by atoms with E-state index in [-0.39, 0.29) is 24.3 Å². The van der Waals surface area contributed by atoms with Gasteiger partial charge in [0.05, 0.1) is 36.6 Å². The molecular formula is C24H29N5O3. The molecule has 32 heavy (non-hydrogen) atoms. The Kier molecular flexibility index (Phi) is 6.12. The van der Waals surface area contributed by atoms with Crippen molar-refractivity contribution in [2.45, 2.75) is 39.2 Å². The lowest BCUT2D eigenvalue weighted by molar-refractivity contribution is -0.129. The number of pyridine rings is 1. The second kappa shape index (κ2) is 8.98. The highest BCUT2D eigenvalue weighted by atomic mass is 16.5. The molecule has 168 valence electrons. The number of nitrogens with zero attached hydrogens (tertiary/aromatic N) is 4. The molecule has 2 aromatic heterocycles. The smallest absolute Gasteiger partial charge is 0.230 e. The van der Waals surface area contributed by atoms with Crippen LogP contribution in [0.25, 0.3) is 11.0 Å². The quantitative estimate of drug-likeness (QED) is 0.612. The number of likely N-dealkylation sites (tertiary alicyclic amines) is 1. The van der Waals surface area contributed by atoms with Crippen molar-refractivity contribution < 1.29 is 14.3 Å². The van der Waals surface area contributed by atoms with Gasteiger partial charge in [-0.2, -0.15) is 5.10 Å². The lowest BCUT2D eigenvalue weighted by Crippen LogP contribution is -2.33. The SMILES string of the molecule is CCCCN1C(=O)C[C@@H](C(=O)Nc2cnc3c(c2)c(C)nn3C)[C@@H]1c1ccc(OC)cc1. The highest BCUT2D eigenvalue weighted by Crippen LogP contribution is 2.39. The number of methoxy groups -OCH3 is 1. The van der Waals surface area contributed by atoms with Gasteiger partial charge in [-0.15, -0.1) is 0 Å². The Morgan fingerprint density at radius 3 is 2.72 bits per heavy atom. The number of fused-ring (bicyclic) bond motifs is 1. The van der Waals surface area contributed by atoms with E-state index in [1.807, 2.05) is 49.2 Å². The first-order valence-electron chi connectivity index (χ1n) is 11.0. The number of aromatic nitrogens is 3. The summed E-state index contributed by atoms with van der Waals surface area (Å²) in [5.41, 5.74) is 3.15. The minimum absolute atomic E-state index is 0.0103. The molecule has 0 radical (unpaired) electrons. The Hall–Kier alpha value is -3.42. The van der Waals surface area contributed by atoms with E-state index in [4.69, 9.17) is 4.74 Å². The topological polar surface area (TPSA) is 89.4 Å². The zero-order chi connectivity index (χ0) is 22.8. The number of nitrogens with one attached hydrogen (secondary N) is 1. The zero-order valence-corrected chi connectivity index (χ0v) is 19.0. The average molecular weight is 436 g/mol. The van der Waals surface area contributed by atoms with Gasteiger partial charge in [0.15, 0.2) is 5.65 Å². The third-order valence-corrected chi connectivity index (χ3v) is 6.11. The number of carbonyl (C=O) groups excluding carboxylic acids is 2. The number of rotatable bonds is 7. The molecule has 0 aliphatic carbocycles. The van der Waals surface area contributed by atoms with Gasteiger partial charge in [-0.05, 0) is 37.1 Å². The first kappa shape index (κ1) is 21.8. The van der Waals surface area contributed by atoms with Crippen molar-refractivity contribution in [3.05, 3.63) is 47.8 Å². The molecule has 1 N–H and O–H groups in total. The van der Waals surface area contributed by atoms with Crippen LogP contribution in [0.1, 0.15) is 43.5 Å². The van der Waals surface area contributed by atoms with Crippen LogP contribution in [0.2, 0.25) is 0 Å². The van der Waals surface area contributed by atoms with Crippen molar-refractivity contribution in [3.8, 4) is 5.75 Å². The molecule has 1 aromatic carbocycles. The number of anilines is 1. The molecule has 0 unspecified atom stereocenters. The molecule has 8 nitrogen and oxygen atoms in total. The molecule has 3 heterocycles. The van der Waals surface area contributed by atoms with Crippen molar-refractivity contribution in [1.29, 1.82) is 0 Å². The standard InChI is InChI=1S/C24H29N5O3/c1-5-6-11-29-21(30)13-20(22(29)16-7-9-18(32-4)10-8-16)24(31)26-17-12-19-15(2)27-28(3)23(19)25-14-17/h7-10,12,14,20,22H,5-6,11,13H2,1-4H3,(H,26,31)/t20-,22+/m1/s1. The third kappa shape index (κ3) is 4.04. The summed E-state index contributed by atoms with van der Waals surface area (Å²) in [5.74, 6) is 0.0841. The van der Waals surface area contributed by atoms with Crippen LogP contribution in [0.15, 0.2) is 36.5 Å². The minimum Gasteiger partial charge on any atom is -0.497 e. The highest BCUT2D eigenvalue weighted by molar-refractivity contribution is 5.99. The molecule has 2 amide bonds. The average Bonchev–Trinajstić information content (AvgIpc) is 3.27. The van der Waals surface area contributed by atoms with Gasteiger partial charge in [0, 0.05) is 25.4 Å². The van der Waals surface area contributed by atoms with Gasteiger partial charge in [-0.1, -0.05) is 25.5 Å². The number of hydrogen-bond donors (Lipinski definition) is 1. The van der Waals surface area contributed by atoms with E-state index >= 15 is 0 Å². The van der Waals surface area contributed by atoms with Crippen molar-refractivity contribution in [3.63, 3.8) is 0 Å². The molecule has 1 aliphatic rings. The third-order valence-electron chi connectivity index (χ3n) is 6.11. The Morgan fingerprint density at radius 2 is 2.03 bits per heavy atom. The van der Waals surface area contributed by atoms with Crippen LogP contribution in [-0.4, -0.2) is 45.1 Å². The first-order chi connectivity index (χ1) is 15.4. The van der Waals surface area contributed by atoms with Crippen LogP contribution in [0.3, 0.4) is 0 Å². The Labute approximate surface area is 187 Å². The summed E-state index contributed by atoms with van der Waals surface area (Å²) < 4.78 is 6.99. The number of ether oxygens (including phenoxy) is 1. The molecule has 8 heteroatoms. The fraction of sp³-hybridized carbons (Fsp3) is 0.417. The molecule has 0 saturated carbocycles. The van der Waals surface area contributed by atoms with E-state index in [1.54, 1.807) is 18.0 Å². The second-order valence-electron chi connectivity index (χ2n) is 8.26. The lowest BCUT2D eigenvalue weighted by atomic mass is 9.92. The maximum Gasteiger partial charge on any atom is 0.230 e. The first-order valence-corrected chi connectivity index (χ1v) is 11.0. The van der Waals surface area contributed by atoms with Crippen LogP contribution >= 0.6 is 0 Å². The minimum atomic E-state index is -0.488. The Bertz CT molecular complexity index is 1140. The van der Waals surface area contributed by atoms with E-state index in [0.717, 1.165) is 40.9 Å². The van der Waals surface area contributed by atoms with Crippen LogP contribution in [0.5, 0.6) is 5.75 Å². The van der Waals surface area contributed by atoms with Crippen LogP contribution in [0, 0.1) is 12.8 Å². The van der Waals surface area contributed by atoms with Crippen molar-refractivity contribution in [1.82, 2.24) is 19.7 Å². The van der Waals surface area contributed by atoms with Crippen molar-refractivity contribution in [2.24, 2.45) is 13.0 Å². The van der Waals surface area contributed by atoms with Gasteiger partial charge in [0.25, 0.3) is 0 Å². The fourth-order valence-corrected chi connectivity index (χ4v) is 4.44. The number of benzene rings is 1. The predicted molar refractivity (Wildman–Crippen MR) is 122 cm³/mol. The van der Waals surface area contributed by atoms with Gasteiger partial charge in [-0.25, -0.2) is 4.98 Å². The Balaban J connectivity index is 1.62. The number of carbonyl (C=O) groups is 2. The normalized spacial score (nSPS) is 18.4. The van der Waals surface area contributed by atoms with Crippen LogP contribution < -0.4 is 10.1 Å². The second-order valence-corrected chi connectivity index (χ2v) is 8.26. The molecule has 4 rings (SSSR count). The molecule has 1 fully saturated rings. The van der Waals surface area contributed by atoms with E-state index in [1.165, 1.54) is 0 Å². The maximum atomic E-state index is 13.3. The van der Waals surface area contributed by atoms with E-state index in [9.17, 15) is 9.59 Å². The molecular weight excluding hydrogens is 406 g/mol. The van der Waals surface area contributed by atoms with Gasteiger partial charge in [-0.3, -0.25) is 14.3 Å². The van der Waals surface area contributed by atoms with E-state index in [2.05, 4.69) is 22.3 Å². The molecule has 0 spiro atoms. The zero-order valence-electron chi connectivity index (χ0n) is 19.0. The molecule has 0 bridgehead atoms. The largest absolute Gasteiger partial charge is 0.497 e. The van der Waals surface area contributed by atoms with Gasteiger partial charge in [0.2, 0.25) is 11.8 Å². The summed E-state index contributed by atoms with van der Waals surface area (Å²) in [4.78, 5) is 32.5. The number of aryl methyl sites for hydroxylation is 2. The number of amides is 2. The number of hydrogen-bond acceptors (Lipinski definition) is 5. The van der Waals surface area contributed by atoms with Crippen LogP contribution in [-0.2, 0) is 16.6 Å². The predicted octanol–water partition coefficient (Wildman–Crippen LogP) is 3.61. The Morgan fingerprint density at radius 1 is 1.28 bits per heavy atom. The lowest BCUT2D eigenvalue weighted by Gasteiger charge is -2.28. The van der Waals surface area contributed by atoms with Gasteiger partial charge >= 0.3 is 0 Å². The van der Waals surface area contributed by atoms with Crippen LogP contribution in [0.4, 0.5) is 5.69 Å². The maximum absolute atomic E-state index is 13.3. The molecule has 3 aromatic rings. The summed E-state index contributed by atoms with van der Waals surface area (Å²) in [7, 11) is 3.46. The molecule has 1 aliphatic heterocycles. The summed E-state index contributed by atoms with van der Waals surface area (Å²) in [6.45, 7) is 4.64. The summed E-state index contributed by atoms with van der Waals surface area (Å²) in [6.07, 6.45) is 3.70. The van der Waals surface area contributed by atoms with Crippen molar-refractivity contribution in [2.75, 3.05) is 19.0 Å². The van der Waals surface area contributed by atoms with E-state index < -0.39 is 5.92 Å². The van der Waals surface area contributed by atoms with Gasteiger partial charge in [0.1, 0.15) is 5.75 Å². The van der Waals surface area contributed by atoms with E-state index in [0.29, 0.717) is 12.2 Å². The summed E-state index contributed by atoms with van der Waals surface area (Å²) in [6, 6.07) is 9.19. The monoisotopic (exact) mass is 435 g/mol. The fourth-order valence-electron chi connectivity index (χ4n) is 4.44. The number of unbranched alkanes of at least 4 members (excludes halogenated alkanes) is 1. The van der Waals surface area contributed by atoms with Crippen molar-refractivity contribution >= 4 is 28.5 Å².